The molecule has 0 amide bonds. The van der Waals surface area contributed by atoms with E-state index in [9.17, 15) is 0 Å². The lowest BCUT2D eigenvalue weighted by Gasteiger charge is -2.44. The van der Waals surface area contributed by atoms with Gasteiger partial charge in [-0.25, -0.2) is 0 Å². The predicted octanol–water partition coefficient (Wildman–Crippen LogP) is 4.80. The zero-order valence-electron chi connectivity index (χ0n) is 12.1. The SMILES string of the molecule is CC(OC1CCCCC1)C(C)(C)C(C)(C)C. The van der Waals surface area contributed by atoms with Gasteiger partial charge in [-0.3, -0.25) is 0 Å². The van der Waals surface area contributed by atoms with Crippen molar-refractivity contribution in [3.8, 4) is 0 Å². The molecule has 1 nitrogen and oxygen atoms in total. The van der Waals surface area contributed by atoms with E-state index in [-0.39, 0.29) is 5.41 Å². The number of hydrogen-bond donors (Lipinski definition) is 0. The van der Waals surface area contributed by atoms with Crippen LogP contribution in [0.5, 0.6) is 0 Å². The highest BCUT2D eigenvalue weighted by atomic mass is 16.5. The van der Waals surface area contributed by atoms with Crippen LogP contribution in [0.4, 0.5) is 0 Å². The Kier molecular flexibility index (Phi) is 4.45. The molecule has 0 aromatic carbocycles. The first kappa shape index (κ1) is 14.0. The van der Waals surface area contributed by atoms with E-state index < -0.39 is 0 Å². The Hall–Kier alpha value is -0.0400. The molecule has 0 N–H and O–H groups in total. The van der Waals surface area contributed by atoms with Gasteiger partial charge in [-0.15, -0.1) is 0 Å². The lowest BCUT2D eigenvalue weighted by Crippen LogP contribution is -2.42. The third kappa shape index (κ3) is 3.23. The summed E-state index contributed by atoms with van der Waals surface area (Å²) in [7, 11) is 0. The van der Waals surface area contributed by atoms with Crippen LogP contribution in [-0.4, -0.2) is 12.2 Å². The summed E-state index contributed by atoms with van der Waals surface area (Å²) < 4.78 is 6.28. The molecule has 1 unspecified atom stereocenters. The fraction of sp³-hybridized carbons (Fsp3) is 1.00. The van der Waals surface area contributed by atoms with Crippen LogP contribution < -0.4 is 0 Å². The van der Waals surface area contributed by atoms with Gasteiger partial charge in [0.05, 0.1) is 12.2 Å². The van der Waals surface area contributed by atoms with Crippen molar-refractivity contribution in [3.63, 3.8) is 0 Å². The molecule has 96 valence electrons. The van der Waals surface area contributed by atoms with Gasteiger partial charge in [0.25, 0.3) is 0 Å². The normalized spacial score (nSPS) is 22.1. The highest BCUT2D eigenvalue weighted by molar-refractivity contribution is 4.88. The monoisotopic (exact) mass is 226 g/mol. The van der Waals surface area contributed by atoms with Crippen molar-refractivity contribution in [2.75, 3.05) is 0 Å². The average molecular weight is 226 g/mol. The van der Waals surface area contributed by atoms with Crippen LogP contribution in [0.1, 0.15) is 73.6 Å². The van der Waals surface area contributed by atoms with Gasteiger partial charge in [0, 0.05) is 0 Å². The molecule has 0 aromatic rings. The Morgan fingerprint density at radius 2 is 1.44 bits per heavy atom. The van der Waals surface area contributed by atoms with Gasteiger partial charge in [-0.05, 0) is 30.6 Å². The minimum absolute atomic E-state index is 0.227. The topological polar surface area (TPSA) is 9.23 Å². The number of rotatable bonds is 3. The highest BCUT2D eigenvalue weighted by Gasteiger charge is 2.39. The first-order valence-corrected chi connectivity index (χ1v) is 6.90. The second-order valence-electron chi connectivity index (χ2n) is 7.01. The molecule has 0 saturated heterocycles. The molecule has 1 saturated carbocycles. The Morgan fingerprint density at radius 1 is 0.938 bits per heavy atom. The van der Waals surface area contributed by atoms with E-state index in [1.54, 1.807) is 0 Å². The summed E-state index contributed by atoms with van der Waals surface area (Å²) in [4.78, 5) is 0. The summed E-state index contributed by atoms with van der Waals surface area (Å²) in [5.74, 6) is 0. The Morgan fingerprint density at radius 3 is 1.88 bits per heavy atom. The third-order valence-electron chi connectivity index (χ3n) is 4.90. The van der Waals surface area contributed by atoms with Crippen LogP contribution >= 0.6 is 0 Å². The Bertz CT molecular complexity index is 206. The van der Waals surface area contributed by atoms with E-state index in [1.807, 2.05) is 0 Å². The molecule has 1 fully saturated rings. The zero-order chi connectivity index (χ0) is 12.4. The second kappa shape index (κ2) is 5.08. The second-order valence-corrected chi connectivity index (χ2v) is 7.01. The summed E-state index contributed by atoms with van der Waals surface area (Å²) in [6, 6.07) is 0. The maximum absolute atomic E-state index is 6.28. The molecule has 1 atom stereocenters. The minimum Gasteiger partial charge on any atom is -0.375 e. The van der Waals surface area contributed by atoms with Gasteiger partial charge in [0.15, 0.2) is 0 Å². The molecule has 0 radical (unpaired) electrons. The number of ether oxygens (including phenoxy) is 1. The lowest BCUT2D eigenvalue weighted by atomic mass is 9.66. The quantitative estimate of drug-likeness (QED) is 0.672. The van der Waals surface area contributed by atoms with Gasteiger partial charge in [0.2, 0.25) is 0 Å². The number of hydrogen-bond acceptors (Lipinski definition) is 1. The van der Waals surface area contributed by atoms with Crippen molar-refractivity contribution < 1.29 is 4.74 Å². The van der Waals surface area contributed by atoms with Crippen LogP contribution in [0, 0.1) is 10.8 Å². The summed E-state index contributed by atoms with van der Waals surface area (Å²) in [5, 5.41) is 0. The standard InChI is InChI=1S/C15H30O/c1-12(15(5,6)14(2,3)4)16-13-10-8-7-9-11-13/h12-13H,7-11H2,1-6H3. The van der Waals surface area contributed by atoms with E-state index in [4.69, 9.17) is 4.74 Å². The van der Waals surface area contributed by atoms with Crippen molar-refractivity contribution in [3.05, 3.63) is 0 Å². The van der Waals surface area contributed by atoms with Crippen molar-refractivity contribution in [1.29, 1.82) is 0 Å². The van der Waals surface area contributed by atoms with Crippen LogP contribution in [0.15, 0.2) is 0 Å². The molecular weight excluding hydrogens is 196 g/mol. The summed E-state index contributed by atoms with van der Waals surface area (Å²) in [6.45, 7) is 13.9. The van der Waals surface area contributed by atoms with Crippen molar-refractivity contribution in [1.82, 2.24) is 0 Å². The maximum Gasteiger partial charge on any atom is 0.0606 e. The maximum atomic E-state index is 6.28. The van der Waals surface area contributed by atoms with E-state index in [2.05, 4.69) is 41.5 Å². The summed E-state index contributed by atoms with van der Waals surface area (Å²) in [6.07, 6.45) is 7.51. The lowest BCUT2D eigenvalue weighted by molar-refractivity contribution is -0.108. The Labute approximate surface area is 102 Å². The molecule has 1 aliphatic rings. The first-order valence-electron chi connectivity index (χ1n) is 6.90. The molecule has 0 bridgehead atoms. The van der Waals surface area contributed by atoms with Crippen LogP contribution in [-0.2, 0) is 4.74 Å². The molecule has 1 rings (SSSR count). The Balaban J connectivity index is 2.53. The smallest absolute Gasteiger partial charge is 0.0606 e. The average Bonchev–Trinajstić information content (AvgIpc) is 2.17. The largest absolute Gasteiger partial charge is 0.375 e. The predicted molar refractivity (Wildman–Crippen MR) is 70.7 cm³/mol. The van der Waals surface area contributed by atoms with Crippen LogP contribution in [0.25, 0.3) is 0 Å². The van der Waals surface area contributed by atoms with Crippen molar-refractivity contribution in [2.45, 2.75) is 85.9 Å². The molecule has 0 aliphatic heterocycles. The molecule has 0 heterocycles. The first-order chi connectivity index (χ1) is 7.25. The zero-order valence-corrected chi connectivity index (χ0v) is 12.1. The van der Waals surface area contributed by atoms with Crippen molar-refractivity contribution in [2.24, 2.45) is 10.8 Å². The van der Waals surface area contributed by atoms with E-state index in [0.717, 1.165) is 0 Å². The molecule has 0 aromatic heterocycles. The molecule has 1 heteroatoms. The van der Waals surface area contributed by atoms with Crippen LogP contribution in [0.3, 0.4) is 0 Å². The minimum atomic E-state index is 0.227. The highest BCUT2D eigenvalue weighted by Crippen LogP contribution is 2.42. The van der Waals surface area contributed by atoms with Gasteiger partial charge in [-0.1, -0.05) is 53.9 Å². The summed E-state index contributed by atoms with van der Waals surface area (Å²) >= 11 is 0. The molecular formula is C15H30O. The third-order valence-corrected chi connectivity index (χ3v) is 4.90. The fourth-order valence-corrected chi connectivity index (χ4v) is 2.27. The van der Waals surface area contributed by atoms with Gasteiger partial charge in [0.1, 0.15) is 0 Å². The van der Waals surface area contributed by atoms with E-state index in [1.165, 1.54) is 32.1 Å². The molecule has 16 heavy (non-hydrogen) atoms. The summed E-state index contributed by atoms with van der Waals surface area (Å²) in [5.41, 5.74) is 0.519. The van der Waals surface area contributed by atoms with E-state index in [0.29, 0.717) is 17.6 Å². The van der Waals surface area contributed by atoms with E-state index >= 15 is 0 Å². The van der Waals surface area contributed by atoms with Crippen molar-refractivity contribution >= 4 is 0 Å². The van der Waals surface area contributed by atoms with Gasteiger partial charge < -0.3 is 4.74 Å². The van der Waals surface area contributed by atoms with Crippen LogP contribution in [0.2, 0.25) is 0 Å². The fourth-order valence-electron chi connectivity index (χ4n) is 2.27. The van der Waals surface area contributed by atoms with Gasteiger partial charge >= 0.3 is 0 Å². The molecule has 1 aliphatic carbocycles. The molecule has 0 spiro atoms. The van der Waals surface area contributed by atoms with Gasteiger partial charge in [-0.2, -0.15) is 0 Å².